The lowest BCUT2D eigenvalue weighted by molar-refractivity contribution is -0.127. The summed E-state index contributed by atoms with van der Waals surface area (Å²) in [5, 5.41) is 2.94. The van der Waals surface area contributed by atoms with Crippen LogP contribution in [0.4, 0.5) is 0 Å². The molecule has 0 aromatic heterocycles. The Kier molecular flexibility index (Phi) is 2.89. The SMILES string of the molecule is COC[C@H](C)NC(=O)[C@]12C=C(C)C(=O)[C@H]1C2(C)C. The Balaban J connectivity index is 2.18. The molecule has 0 heterocycles. The lowest BCUT2D eigenvalue weighted by Crippen LogP contribution is -2.41. The number of carbonyl (C=O) groups is 2. The zero-order chi connectivity index (χ0) is 13.7. The highest BCUT2D eigenvalue weighted by Gasteiger charge is 2.79. The fourth-order valence-electron chi connectivity index (χ4n) is 3.37. The van der Waals surface area contributed by atoms with Crippen LogP contribution in [0.3, 0.4) is 0 Å². The van der Waals surface area contributed by atoms with Crippen LogP contribution in [0, 0.1) is 16.7 Å². The van der Waals surface area contributed by atoms with E-state index >= 15 is 0 Å². The quantitative estimate of drug-likeness (QED) is 0.819. The summed E-state index contributed by atoms with van der Waals surface area (Å²) in [6.45, 7) is 8.13. The maximum atomic E-state index is 12.4. The van der Waals surface area contributed by atoms with Crippen molar-refractivity contribution in [3.63, 3.8) is 0 Å². The first-order valence-electron chi connectivity index (χ1n) is 6.32. The molecule has 0 unspecified atom stereocenters. The van der Waals surface area contributed by atoms with E-state index in [1.807, 2.05) is 26.8 Å². The molecule has 0 spiro atoms. The van der Waals surface area contributed by atoms with Crippen molar-refractivity contribution in [2.45, 2.75) is 33.7 Å². The van der Waals surface area contributed by atoms with Gasteiger partial charge in [0.2, 0.25) is 5.91 Å². The van der Waals surface area contributed by atoms with E-state index in [0.717, 1.165) is 0 Å². The van der Waals surface area contributed by atoms with Gasteiger partial charge in [0, 0.05) is 19.1 Å². The lowest BCUT2D eigenvalue weighted by Gasteiger charge is -2.19. The zero-order valence-corrected chi connectivity index (χ0v) is 11.7. The minimum absolute atomic E-state index is 0.0432. The molecule has 18 heavy (non-hydrogen) atoms. The first-order chi connectivity index (χ1) is 8.29. The zero-order valence-electron chi connectivity index (χ0n) is 11.7. The van der Waals surface area contributed by atoms with Gasteiger partial charge in [0.05, 0.1) is 12.0 Å². The molecule has 100 valence electrons. The first kappa shape index (κ1) is 13.3. The second kappa shape index (κ2) is 3.92. The number of fused-ring (bicyclic) bond motifs is 1. The van der Waals surface area contributed by atoms with E-state index in [1.165, 1.54) is 0 Å². The molecule has 1 fully saturated rings. The predicted octanol–water partition coefficient (Wildman–Crippen LogP) is 1.31. The van der Waals surface area contributed by atoms with Gasteiger partial charge in [-0.25, -0.2) is 0 Å². The fraction of sp³-hybridized carbons (Fsp3) is 0.714. The Hall–Kier alpha value is -1.16. The van der Waals surface area contributed by atoms with Crippen LogP contribution < -0.4 is 5.32 Å². The second-order valence-corrected chi connectivity index (χ2v) is 6.05. The van der Waals surface area contributed by atoms with Gasteiger partial charge in [-0.3, -0.25) is 9.59 Å². The summed E-state index contributed by atoms with van der Waals surface area (Å²) in [5.41, 5.74) is -0.176. The van der Waals surface area contributed by atoms with Crippen molar-refractivity contribution in [1.82, 2.24) is 5.32 Å². The summed E-state index contributed by atoms with van der Waals surface area (Å²) in [4.78, 5) is 24.4. The standard InChI is InChI=1S/C14H21NO3/c1-8-6-14(11(10(8)16)13(14,3)4)12(17)15-9(2)7-18-5/h6,9,11H,7H2,1-5H3,(H,15,17)/t9-,11-,14-/m0/s1. The van der Waals surface area contributed by atoms with Gasteiger partial charge in [-0.05, 0) is 24.8 Å². The van der Waals surface area contributed by atoms with E-state index < -0.39 is 5.41 Å². The Morgan fingerprint density at radius 1 is 1.56 bits per heavy atom. The van der Waals surface area contributed by atoms with Crippen molar-refractivity contribution in [2.75, 3.05) is 13.7 Å². The van der Waals surface area contributed by atoms with Crippen molar-refractivity contribution in [2.24, 2.45) is 16.7 Å². The Morgan fingerprint density at radius 2 is 2.17 bits per heavy atom. The average molecular weight is 251 g/mol. The molecule has 2 aliphatic rings. The van der Waals surface area contributed by atoms with Gasteiger partial charge in [0.25, 0.3) is 0 Å². The molecule has 0 aromatic carbocycles. The molecule has 2 aliphatic carbocycles. The highest BCUT2D eigenvalue weighted by molar-refractivity contribution is 6.12. The summed E-state index contributed by atoms with van der Waals surface area (Å²) in [5.74, 6) is -0.110. The van der Waals surface area contributed by atoms with Crippen LogP contribution in [0.5, 0.6) is 0 Å². The van der Waals surface area contributed by atoms with E-state index in [0.29, 0.717) is 12.2 Å². The number of amides is 1. The number of nitrogens with one attached hydrogen (secondary N) is 1. The van der Waals surface area contributed by atoms with Gasteiger partial charge >= 0.3 is 0 Å². The molecule has 0 bridgehead atoms. The normalized spacial score (nSPS) is 33.7. The van der Waals surface area contributed by atoms with Gasteiger partial charge < -0.3 is 10.1 Å². The van der Waals surface area contributed by atoms with Crippen LogP contribution in [0.25, 0.3) is 0 Å². The molecule has 3 atom stereocenters. The molecule has 0 aliphatic heterocycles. The van der Waals surface area contributed by atoms with Crippen molar-refractivity contribution >= 4 is 11.7 Å². The highest BCUT2D eigenvalue weighted by atomic mass is 16.5. The minimum atomic E-state index is -0.629. The summed E-state index contributed by atoms with van der Waals surface area (Å²) in [6.07, 6.45) is 1.86. The Bertz CT molecular complexity index is 438. The molecule has 4 nitrogen and oxygen atoms in total. The third kappa shape index (κ3) is 1.48. The maximum Gasteiger partial charge on any atom is 0.231 e. The number of carbonyl (C=O) groups excluding carboxylic acids is 2. The van der Waals surface area contributed by atoms with Crippen molar-refractivity contribution in [1.29, 1.82) is 0 Å². The topological polar surface area (TPSA) is 55.4 Å². The summed E-state index contributed by atoms with van der Waals surface area (Å²) in [6, 6.07) is -0.0432. The van der Waals surface area contributed by atoms with Crippen LogP contribution in [0.2, 0.25) is 0 Å². The minimum Gasteiger partial charge on any atom is -0.383 e. The van der Waals surface area contributed by atoms with Crippen LogP contribution in [-0.2, 0) is 14.3 Å². The maximum absolute atomic E-state index is 12.4. The van der Waals surface area contributed by atoms with Gasteiger partial charge in [-0.2, -0.15) is 0 Å². The number of Topliss-reactive ketones (excluding diaryl/α,β-unsaturated/α-hetero) is 1. The number of rotatable bonds is 4. The van der Waals surface area contributed by atoms with Gasteiger partial charge in [-0.1, -0.05) is 19.9 Å². The number of ether oxygens (including phenoxy) is 1. The molecule has 1 N–H and O–H groups in total. The highest BCUT2D eigenvalue weighted by Crippen LogP contribution is 2.73. The van der Waals surface area contributed by atoms with Gasteiger partial charge in [0.1, 0.15) is 0 Å². The third-order valence-electron chi connectivity index (χ3n) is 4.42. The number of methoxy groups -OCH3 is 1. The molecule has 0 aromatic rings. The molecule has 0 radical (unpaired) electrons. The lowest BCUT2D eigenvalue weighted by atomic mass is 9.92. The van der Waals surface area contributed by atoms with Crippen molar-refractivity contribution < 1.29 is 14.3 Å². The number of hydrogen-bond donors (Lipinski definition) is 1. The summed E-state index contributed by atoms with van der Waals surface area (Å²) < 4.78 is 5.01. The molecule has 1 amide bonds. The average Bonchev–Trinajstić information content (AvgIpc) is 2.57. The van der Waals surface area contributed by atoms with E-state index in [1.54, 1.807) is 14.0 Å². The predicted molar refractivity (Wildman–Crippen MR) is 67.9 cm³/mol. The molecule has 2 rings (SSSR count). The van der Waals surface area contributed by atoms with Gasteiger partial charge in [0.15, 0.2) is 5.78 Å². The smallest absolute Gasteiger partial charge is 0.231 e. The number of ketones is 1. The fourth-order valence-corrected chi connectivity index (χ4v) is 3.37. The molecular weight excluding hydrogens is 230 g/mol. The van der Waals surface area contributed by atoms with E-state index in [9.17, 15) is 9.59 Å². The molecule has 1 saturated carbocycles. The van der Waals surface area contributed by atoms with Crippen LogP contribution >= 0.6 is 0 Å². The Morgan fingerprint density at radius 3 is 2.67 bits per heavy atom. The van der Waals surface area contributed by atoms with Crippen molar-refractivity contribution in [3.05, 3.63) is 11.6 Å². The van der Waals surface area contributed by atoms with Crippen LogP contribution in [0.15, 0.2) is 11.6 Å². The first-order valence-corrected chi connectivity index (χ1v) is 6.32. The molecular formula is C14H21NO3. The van der Waals surface area contributed by atoms with E-state index in [4.69, 9.17) is 4.74 Å². The van der Waals surface area contributed by atoms with Gasteiger partial charge in [-0.15, -0.1) is 0 Å². The molecule has 0 saturated heterocycles. The number of allylic oxidation sites excluding steroid dienone is 1. The second-order valence-electron chi connectivity index (χ2n) is 6.05. The Labute approximate surface area is 108 Å². The monoisotopic (exact) mass is 251 g/mol. The van der Waals surface area contributed by atoms with Crippen molar-refractivity contribution in [3.8, 4) is 0 Å². The van der Waals surface area contributed by atoms with Crippen LogP contribution in [0.1, 0.15) is 27.7 Å². The third-order valence-corrected chi connectivity index (χ3v) is 4.42. The largest absolute Gasteiger partial charge is 0.383 e. The van der Waals surface area contributed by atoms with E-state index in [2.05, 4.69) is 5.32 Å². The summed E-state index contributed by atoms with van der Waals surface area (Å²) in [7, 11) is 1.61. The van der Waals surface area contributed by atoms with Crippen LogP contribution in [-0.4, -0.2) is 31.4 Å². The summed E-state index contributed by atoms with van der Waals surface area (Å²) >= 11 is 0. The van der Waals surface area contributed by atoms with E-state index in [-0.39, 0.29) is 29.1 Å². The number of hydrogen-bond acceptors (Lipinski definition) is 3. The molecule has 4 heteroatoms.